The third-order valence-corrected chi connectivity index (χ3v) is 3.78. The van der Waals surface area contributed by atoms with Crippen molar-refractivity contribution in [2.45, 2.75) is 20.4 Å². The summed E-state index contributed by atoms with van der Waals surface area (Å²) < 4.78 is 1.79. The molecule has 0 aliphatic rings. The number of anilines is 1. The van der Waals surface area contributed by atoms with Crippen LogP contribution in [0.2, 0.25) is 0 Å². The fourth-order valence-electron chi connectivity index (χ4n) is 2.56. The molecule has 23 heavy (non-hydrogen) atoms. The lowest BCUT2D eigenvalue weighted by atomic mass is 10.1. The summed E-state index contributed by atoms with van der Waals surface area (Å²) in [6.07, 6.45) is 1.66. The number of rotatable bonds is 3. The van der Waals surface area contributed by atoms with Crippen molar-refractivity contribution in [1.29, 1.82) is 0 Å². The van der Waals surface area contributed by atoms with Crippen molar-refractivity contribution in [3.05, 3.63) is 76.1 Å². The van der Waals surface area contributed by atoms with Gasteiger partial charge in [0, 0.05) is 23.3 Å². The number of benzene rings is 2. The van der Waals surface area contributed by atoms with Crippen LogP contribution in [0.4, 0.5) is 5.69 Å². The SMILES string of the molecule is Cc1ccc(NC(=O)Cn2ccc(=O)c3cc(C)ccc32)cc1. The van der Waals surface area contributed by atoms with E-state index in [-0.39, 0.29) is 17.9 Å². The van der Waals surface area contributed by atoms with E-state index in [2.05, 4.69) is 5.32 Å². The molecule has 116 valence electrons. The lowest BCUT2D eigenvalue weighted by Gasteiger charge is -2.11. The van der Waals surface area contributed by atoms with Crippen LogP contribution in [0.15, 0.2) is 59.5 Å². The average Bonchev–Trinajstić information content (AvgIpc) is 2.52. The van der Waals surface area contributed by atoms with Gasteiger partial charge in [-0.1, -0.05) is 29.3 Å². The third-order valence-electron chi connectivity index (χ3n) is 3.78. The first-order valence-electron chi connectivity index (χ1n) is 7.49. The van der Waals surface area contributed by atoms with E-state index >= 15 is 0 Å². The number of amides is 1. The molecule has 1 N–H and O–H groups in total. The Morgan fingerprint density at radius 1 is 1.00 bits per heavy atom. The summed E-state index contributed by atoms with van der Waals surface area (Å²) in [5, 5.41) is 3.51. The third kappa shape index (κ3) is 3.31. The topological polar surface area (TPSA) is 51.1 Å². The van der Waals surface area contributed by atoms with Gasteiger partial charge in [-0.25, -0.2) is 0 Å². The maximum absolute atomic E-state index is 12.3. The summed E-state index contributed by atoms with van der Waals surface area (Å²) >= 11 is 0. The number of nitrogens with zero attached hydrogens (tertiary/aromatic N) is 1. The van der Waals surface area contributed by atoms with Crippen LogP contribution in [0.1, 0.15) is 11.1 Å². The minimum atomic E-state index is -0.126. The average molecular weight is 306 g/mol. The van der Waals surface area contributed by atoms with Crippen LogP contribution in [0.5, 0.6) is 0 Å². The molecule has 0 unspecified atom stereocenters. The normalized spacial score (nSPS) is 10.7. The van der Waals surface area contributed by atoms with Crippen molar-refractivity contribution >= 4 is 22.5 Å². The molecule has 3 aromatic rings. The maximum Gasteiger partial charge on any atom is 0.244 e. The van der Waals surface area contributed by atoms with Gasteiger partial charge in [0.2, 0.25) is 5.91 Å². The molecule has 0 aliphatic carbocycles. The van der Waals surface area contributed by atoms with E-state index < -0.39 is 0 Å². The molecular weight excluding hydrogens is 288 g/mol. The van der Waals surface area contributed by atoms with Crippen molar-refractivity contribution < 1.29 is 4.79 Å². The van der Waals surface area contributed by atoms with Gasteiger partial charge < -0.3 is 9.88 Å². The van der Waals surface area contributed by atoms with Gasteiger partial charge in [-0.05, 0) is 38.1 Å². The van der Waals surface area contributed by atoms with Crippen LogP contribution in [-0.2, 0) is 11.3 Å². The highest BCUT2D eigenvalue weighted by molar-refractivity contribution is 5.91. The molecule has 0 radical (unpaired) electrons. The monoisotopic (exact) mass is 306 g/mol. The molecule has 4 nitrogen and oxygen atoms in total. The Morgan fingerprint density at radius 3 is 2.43 bits per heavy atom. The number of hydrogen-bond acceptors (Lipinski definition) is 2. The summed E-state index contributed by atoms with van der Waals surface area (Å²) in [6, 6.07) is 14.8. The molecule has 1 aromatic heterocycles. The molecule has 0 aliphatic heterocycles. The molecular formula is C19H18N2O2. The zero-order chi connectivity index (χ0) is 16.4. The molecule has 0 atom stereocenters. The molecule has 0 fully saturated rings. The highest BCUT2D eigenvalue weighted by atomic mass is 16.2. The van der Waals surface area contributed by atoms with Crippen LogP contribution < -0.4 is 10.7 Å². The van der Waals surface area contributed by atoms with E-state index in [1.54, 1.807) is 10.8 Å². The standard InChI is InChI=1S/C19H18N2O2/c1-13-3-6-15(7-4-13)20-19(23)12-21-10-9-18(22)16-11-14(2)5-8-17(16)21/h3-11H,12H2,1-2H3,(H,20,23). The predicted molar refractivity (Wildman–Crippen MR) is 92.8 cm³/mol. The zero-order valence-corrected chi connectivity index (χ0v) is 13.2. The van der Waals surface area contributed by atoms with E-state index in [9.17, 15) is 9.59 Å². The lowest BCUT2D eigenvalue weighted by Crippen LogP contribution is -2.20. The maximum atomic E-state index is 12.3. The van der Waals surface area contributed by atoms with Gasteiger partial charge in [-0.15, -0.1) is 0 Å². The number of carbonyl (C=O) groups is 1. The summed E-state index contributed by atoms with van der Waals surface area (Å²) in [5.74, 6) is -0.126. The van der Waals surface area contributed by atoms with Crippen LogP contribution in [-0.4, -0.2) is 10.5 Å². The van der Waals surface area contributed by atoms with E-state index in [0.717, 1.165) is 22.3 Å². The van der Waals surface area contributed by atoms with Gasteiger partial charge in [0.05, 0.1) is 5.52 Å². The number of aryl methyl sites for hydroxylation is 2. The van der Waals surface area contributed by atoms with Crippen LogP contribution >= 0.6 is 0 Å². The van der Waals surface area contributed by atoms with Gasteiger partial charge in [0.15, 0.2) is 5.43 Å². The van der Waals surface area contributed by atoms with Crippen molar-refractivity contribution in [3.63, 3.8) is 0 Å². The molecule has 0 saturated heterocycles. The summed E-state index contributed by atoms with van der Waals surface area (Å²) in [5.41, 5.74) is 3.67. The van der Waals surface area contributed by atoms with Crippen LogP contribution in [0.3, 0.4) is 0 Å². The van der Waals surface area contributed by atoms with Crippen molar-refractivity contribution in [2.75, 3.05) is 5.32 Å². The quantitative estimate of drug-likeness (QED) is 0.807. The summed E-state index contributed by atoms with van der Waals surface area (Å²) in [4.78, 5) is 24.2. The fourth-order valence-corrected chi connectivity index (χ4v) is 2.56. The van der Waals surface area contributed by atoms with Gasteiger partial charge in [0.1, 0.15) is 6.54 Å². The minimum absolute atomic E-state index is 0.0288. The first-order chi connectivity index (χ1) is 11.0. The highest BCUT2D eigenvalue weighted by Crippen LogP contribution is 2.13. The van der Waals surface area contributed by atoms with Gasteiger partial charge in [-0.2, -0.15) is 0 Å². The smallest absolute Gasteiger partial charge is 0.244 e. The number of pyridine rings is 1. The van der Waals surface area contributed by atoms with Gasteiger partial charge in [-0.3, -0.25) is 9.59 Å². The fraction of sp³-hybridized carbons (Fsp3) is 0.158. The molecule has 4 heteroatoms. The Bertz CT molecular complexity index is 924. The summed E-state index contributed by atoms with van der Waals surface area (Å²) in [6.45, 7) is 4.11. The molecule has 0 spiro atoms. The molecule has 1 heterocycles. The van der Waals surface area contributed by atoms with Crippen LogP contribution in [0, 0.1) is 13.8 Å². The lowest BCUT2D eigenvalue weighted by molar-refractivity contribution is -0.116. The Kier molecular flexibility index (Phi) is 3.98. The van der Waals surface area contributed by atoms with Gasteiger partial charge >= 0.3 is 0 Å². The van der Waals surface area contributed by atoms with E-state index in [4.69, 9.17) is 0 Å². The Labute approximate surface area is 134 Å². The number of nitrogens with one attached hydrogen (secondary N) is 1. The first kappa shape index (κ1) is 15.0. The van der Waals surface area contributed by atoms with E-state index in [0.29, 0.717) is 5.39 Å². The number of aromatic nitrogens is 1. The molecule has 1 amide bonds. The first-order valence-corrected chi connectivity index (χ1v) is 7.49. The van der Waals surface area contributed by atoms with Crippen molar-refractivity contribution in [3.8, 4) is 0 Å². The van der Waals surface area contributed by atoms with Crippen molar-refractivity contribution in [1.82, 2.24) is 4.57 Å². The van der Waals surface area contributed by atoms with E-state index in [1.807, 2.05) is 56.3 Å². The number of carbonyl (C=O) groups excluding carboxylic acids is 1. The Hall–Kier alpha value is -2.88. The Morgan fingerprint density at radius 2 is 1.70 bits per heavy atom. The van der Waals surface area contributed by atoms with Crippen LogP contribution in [0.25, 0.3) is 10.9 Å². The minimum Gasteiger partial charge on any atom is -0.338 e. The molecule has 3 rings (SSSR count). The number of fused-ring (bicyclic) bond motifs is 1. The molecule has 0 saturated carbocycles. The second-order valence-electron chi connectivity index (χ2n) is 5.74. The Balaban J connectivity index is 1.86. The number of hydrogen-bond donors (Lipinski definition) is 1. The van der Waals surface area contributed by atoms with Gasteiger partial charge in [0.25, 0.3) is 0 Å². The molecule has 2 aromatic carbocycles. The molecule has 0 bridgehead atoms. The van der Waals surface area contributed by atoms with E-state index in [1.165, 1.54) is 6.07 Å². The predicted octanol–water partition coefficient (Wildman–Crippen LogP) is 3.26. The second-order valence-corrected chi connectivity index (χ2v) is 5.74. The highest BCUT2D eigenvalue weighted by Gasteiger charge is 2.07. The largest absolute Gasteiger partial charge is 0.338 e. The summed E-state index contributed by atoms with van der Waals surface area (Å²) in [7, 11) is 0. The zero-order valence-electron chi connectivity index (χ0n) is 13.2. The van der Waals surface area contributed by atoms with Crippen molar-refractivity contribution in [2.24, 2.45) is 0 Å². The second kappa shape index (κ2) is 6.08.